The fourth-order valence-electron chi connectivity index (χ4n) is 2.59. The fraction of sp³-hybridized carbons (Fsp3) is 0.533. The Bertz CT molecular complexity index is 515. The van der Waals surface area contributed by atoms with E-state index >= 15 is 0 Å². The first-order valence-electron chi connectivity index (χ1n) is 7.13. The molecule has 0 spiro atoms. The van der Waals surface area contributed by atoms with E-state index < -0.39 is 0 Å². The van der Waals surface area contributed by atoms with Crippen molar-refractivity contribution in [2.24, 2.45) is 5.73 Å². The number of halogens is 3. The molecule has 1 saturated heterocycles. The smallest absolute Gasteiger partial charge is 0.221 e. The number of methoxy groups -OCH3 is 1. The molecule has 0 aliphatic carbocycles. The third kappa shape index (κ3) is 6.26. The molecule has 2 atom stereocenters. The average molecular weight is 385 g/mol. The number of carbonyl (C=O) groups excluding carboxylic acids is 1. The van der Waals surface area contributed by atoms with Crippen molar-refractivity contribution >= 4 is 48.0 Å². The van der Waals surface area contributed by atoms with Crippen molar-refractivity contribution in [1.82, 2.24) is 5.32 Å². The Morgan fingerprint density at radius 2 is 2.22 bits per heavy atom. The highest BCUT2D eigenvalue weighted by Crippen LogP contribution is 2.33. The van der Waals surface area contributed by atoms with Crippen LogP contribution in [0.2, 0.25) is 5.02 Å². The maximum Gasteiger partial charge on any atom is 0.221 e. The molecular weight excluding hydrogens is 361 g/mol. The Kier molecular flexibility index (Phi) is 9.70. The third-order valence-corrected chi connectivity index (χ3v) is 3.78. The van der Waals surface area contributed by atoms with Crippen molar-refractivity contribution in [3.8, 4) is 5.75 Å². The minimum atomic E-state index is -0.115. The average Bonchev–Trinajstić information content (AvgIpc) is 2.85. The van der Waals surface area contributed by atoms with Crippen LogP contribution in [0.3, 0.4) is 0 Å². The molecule has 3 N–H and O–H groups in total. The Morgan fingerprint density at radius 3 is 2.83 bits per heavy atom. The number of amides is 1. The summed E-state index contributed by atoms with van der Waals surface area (Å²) in [6.07, 6.45) is 1.26. The van der Waals surface area contributed by atoms with Crippen molar-refractivity contribution in [1.29, 1.82) is 0 Å². The summed E-state index contributed by atoms with van der Waals surface area (Å²) < 4.78 is 5.38. The Morgan fingerprint density at radius 1 is 1.52 bits per heavy atom. The first-order chi connectivity index (χ1) is 9.99. The van der Waals surface area contributed by atoms with Crippen molar-refractivity contribution in [3.63, 3.8) is 0 Å². The summed E-state index contributed by atoms with van der Waals surface area (Å²) in [7, 11) is 1.64. The number of carbonyl (C=O) groups is 1. The van der Waals surface area contributed by atoms with E-state index in [1.807, 2.05) is 25.1 Å². The lowest BCUT2D eigenvalue weighted by Crippen LogP contribution is -2.39. The van der Waals surface area contributed by atoms with Crippen molar-refractivity contribution in [2.45, 2.75) is 31.8 Å². The molecule has 5 nitrogen and oxygen atoms in total. The second-order valence-corrected chi connectivity index (χ2v) is 5.93. The summed E-state index contributed by atoms with van der Waals surface area (Å²) in [6, 6.07) is 5.59. The number of benzene rings is 1. The molecule has 0 radical (unpaired) electrons. The van der Waals surface area contributed by atoms with E-state index in [0.29, 0.717) is 11.4 Å². The number of anilines is 1. The Hall–Kier alpha value is -0.880. The van der Waals surface area contributed by atoms with E-state index in [1.165, 1.54) is 0 Å². The van der Waals surface area contributed by atoms with Gasteiger partial charge in [-0.05, 0) is 31.5 Å². The normalized spacial score (nSPS) is 17.7. The highest BCUT2D eigenvalue weighted by atomic mass is 35.5. The van der Waals surface area contributed by atoms with Gasteiger partial charge in [-0.1, -0.05) is 11.6 Å². The molecule has 0 aromatic heterocycles. The number of nitrogens with one attached hydrogen (secondary N) is 1. The van der Waals surface area contributed by atoms with Crippen molar-refractivity contribution in [2.75, 3.05) is 25.1 Å². The second kappa shape index (κ2) is 10.1. The van der Waals surface area contributed by atoms with Crippen LogP contribution in [0.5, 0.6) is 5.75 Å². The van der Waals surface area contributed by atoms with Gasteiger partial charge in [-0.3, -0.25) is 4.79 Å². The summed E-state index contributed by atoms with van der Waals surface area (Å²) in [4.78, 5) is 14.0. The topological polar surface area (TPSA) is 67.6 Å². The number of hydrogen-bond donors (Lipinski definition) is 2. The summed E-state index contributed by atoms with van der Waals surface area (Å²) in [5, 5.41) is 3.70. The molecule has 1 aromatic rings. The number of nitrogens with two attached hydrogens (primary N) is 1. The summed E-state index contributed by atoms with van der Waals surface area (Å²) >= 11 is 6.06. The summed E-state index contributed by atoms with van der Waals surface area (Å²) in [5.74, 6) is 0.803. The molecule has 1 aliphatic rings. The minimum Gasteiger partial charge on any atom is -0.495 e. The summed E-state index contributed by atoms with van der Waals surface area (Å²) in [5.41, 5.74) is 6.60. The molecule has 0 bridgehead atoms. The quantitative estimate of drug-likeness (QED) is 0.819. The van der Waals surface area contributed by atoms with Gasteiger partial charge < -0.3 is 20.7 Å². The molecule has 1 heterocycles. The van der Waals surface area contributed by atoms with Gasteiger partial charge in [-0.25, -0.2) is 0 Å². The van der Waals surface area contributed by atoms with Crippen LogP contribution in [0.15, 0.2) is 18.2 Å². The van der Waals surface area contributed by atoms with Gasteiger partial charge in [-0.15, -0.1) is 24.8 Å². The van der Waals surface area contributed by atoms with Gasteiger partial charge in [0.2, 0.25) is 5.91 Å². The molecule has 2 unspecified atom stereocenters. The number of rotatable bonds is 5. The van der Waals surface area contributed by atoms with Gasteiger partial charge in [0.05, 0.1) is 12.8 Å². The first-order valence-corrected chi connectivity index (χ1v) is 7.51. The van der Waals surface area contributed by atoms with E-state index in [-0.39, 0.29) is 42.8 Å². The fourth-order valence-corrected chi connectivity index (χ4v) is 2.75. The Labute approximate surface area is 154 Å². The molecule has 2 rings (SSSR count). The van der Waals surface area contributed by atoms with Crippen LogP contribution < -0.4 is 20.7 Å². The van der Waals surface area contributed by atoms with E-state index in [2.05, 4.69) is 10.2 Å². The van der Waals surface area contributed by atoms with Gasteiger partial charge >= 0.3 is 0 Å². The highest BCUT2D eigenvalue weighted by Gasteiger charge is 2.26. The standard InChI is InChI=1S/C15H22ClN3O2.2ClH/c1-10(17)7-15(20)18-12-5-6-19(9-12)13-8-11(16)3-4-14(13)21-2;;/h3-4,8,10,12H,5-7,9,17H2,1-2H3,(H,18,20);2*1H. The van der Waals surface area contributed by atoms with E-state index in [0.717, 1.165) is 30.9 Å². The zero-order chi connectivity index (χ0) is 15.4. The minimum absolute atomic E-state index is 0. The van der Waals surface area contributed by atoms with Crippen LogP contribution in [0.1, 0.15) is 19.8 Å². The van der Waals surface area contributed by atoms with Gasteiger partial charge in [0.25, 0.3) is 0 Å². The van der Waals surface area contributed by atoms with Gasteiger partial charge in [0, 0.05) is 36.6 Å². The molecule has 132 valence electrons. The SMILES string of the molecule is COc1ccc(Cl)cc1N1CCC(NC(=O)CC(C)N)C1.Cl.Cl. The lowest BCUT2D eigenvalue weighted by atomic mass is 10.2. The maximum atomic E-state index is 11.8. The van der Waals surface area contributed by atoms with Crippen LogP contribution in [-0.4, -0.2) is 38.2 Å². The molecule has 1 aromatic carbocycles. The van der Waals surface area contributed by atoms with Gasteiger partial charge in [0.1, 0.15) is 5.75 Å². The van der Waals surface area contributed by atoms with Crippen molar-refractivity contribution in [3.05, 3.63) is 23.2 Å². The lowest BCUT2D eigenvalue weighted by Gasteiger charge is -2.22. The largest absolute Gasteiger partial charge is 0.495 e. The molecule has 8 heteroatoms. The second-order valence-electron chi connectivity index (χ2n) is 5.50. The van der Waals surface area contributed by atoms with Gasteiger partial charge in [-0.2, -0.15) is 0 Å². The molecule has 23 heavy (non-hydrogen) atoms. The van der Waals surface area contributed by atoms with Crippen LogP contribution in [0.4, 0.5) is 5.69 Å². The van der Waals surface area contributed by atoms with E-state index in [9.17, 15) is 4.79 Å². The van der Waals surface area contributed by atoms with Crippen LogP contribution >= 0.6 is 36.4 Å². The monoisotopic (exact) mass is 383 g/mol. The molecule has 1 fully saturated rings. The zero-order valence-electron chi connectivity index (χ0n) is 13.3. The first kappa shape index (κ1) is 22.1. The highest BCUT2D eigenvalue weighted by molar-refractivity contribution is 6.30. The predicted octanol–water partition coefficient (Wildman–Crippen LogP) is 2.62. The molecule has 0 saturated carbocycles. The van der Waals surface area contributed by atoms with Gasteiger partial charge in [0.15, 0.2) is 0 Å². The number of hydrogen-bond acceptors (Lipinski definition) is 4. The van der Waals surface area contributed by atoms with E-state index in [4.69, 9.17) is 22.1 Å². The van der Waals surface area contributed by atoms with Crippen LogP contribution in [-0.2, 0) is 4.79 Å². The van der Waals surface area contributed by atoms with Crippen LogP contribution in [0, 0.1) is 0 Å². The predicted molar refractivity (Wildman–Crippen MR) is 99.5 cm³/mol. The summed E-state index contributed by atoms with van der Waals surface area (Å²) in [6.45, 7) is 3.44. The third-order valence-electron chi connectivity index (χ3n) is 3.54. The van der Waals surface area contributed by atoms with Crippen LogP contribution in [0.25, 0.3) is 0 Å². The number of nitrogens with zero attached hydrogens (tertiary/aromatic N) is 1. The van der Waals surface area contributed by atoms with E-state index in [1.54, 1.807) is 7.11 Å². The number of ether oxygens (including phenoxy) is 1. The molecule has 1 aliphatic heterocycles. The zero-order valence-corrected chi connectivity index (χ0v) is 15.6. The van der Waals surface area contributed by atoms with Crippen molar-refractivity contribution < 1.29 is 9.53 Å². The maximum absolute atomic E-state index is 11.8. The lowest BCUT2D eigenvalue weighted by molar-refractivity contribution is -0.121. The Balaban J connectivity index is 0.00000242. The molecule has 1 amide bonds. The molecular formula is C15H24Cl3N3O2.